The Morgan fingerprint density at radius 2 is 1.48 bits per heavy atom. The monoisotopic (exact) mass is 589 g/mol. The summed E-state index contributed by atoms with van der Waals surface area (Å²) in [6.45, 7) is 1.97. The molecule has 2 N–H and O–H groups in total. The summed E-state index contributed by atoms with van der Waals surface area (Å²) in [5.74, 6) is 0.247. The Bertz CT molecular complexity index is 1610. The predicted molar refractivity (Wildman–Crippen MR) is 161 cm³/mol. The number of amides is 1. The lowest BCUT2D eigenvalue weighted by atomic mass is 10.1. The first-order chi connectivity index (χ1) is 19.3. The molecule has 0 aliphatic heterocycles. The zero-order valence-electron chi connectivity index (χ0n) is 21.1. The molecular formula is C30H22Cl3N5O2. The van der Waals surface area contributed by atoms with Crippen LogP contribution in [-0.2, 0) is 0 Å². The van der Waals surface area contributed by atoms with Crippen molar-refractivity contribution in [3.8, 4) is 11.3 Å². The van der Waals surface area contributed by atoms with Crippen LogP contribution < -0.4 is 10.6 Å². The fraction of sp³-hybridized carbons (Fsp3) is 0.0333. The van der Waals surface area contributed by atoms with Gasteiger partial charge in [0.15, 0.2) is 0 Å². The van der Waals surface area contributed by atoms with Gasteiger partial charge in [-0.05, 0) is 103 Å². The van der Waals surface area contributed by atoms with Crippen molar-refractivity contribution >= 4 is 63.3 Å². The highest BCUT2D eigenvalue weighted by atomic mass is 35.5. The van der Waals surface area contributed by atoms with Crippen LogP contribution in [0.15, 0.2) is 104 Å². The molecule has 0 saturated carbocycles. The lowest BCUT2D eigenvalue weighted by Crippen LogP contribution is -2.12. The third kappa shape index (κ3) is 8.10. The molecule has 40 heavy (non-hydrogen) atoms. The van der Waals surface area contributed by atoms with E-state index in [0.717, 1.165) is 22.5 Å². The van der Waals surface area contributed by atoms with E-state index in [1.807, 2.05) is 43.3 Å². The first kappa shape index (κ1) is 28.7. The smallest absolute Gasteiger partial charge is 0.255 e. The van der Waals surface area contributed by atoms with Crippen LogP contribution in [0.4, 0.5) is 17.3 Å². The van der Waals surface area contributed by atoms with Crippen LogP contribution in [0, 0.1) is 6.92 Å². The molecule has 7 nitrogen and oxygen atoms in total. The lowest BCUT2D eigenvalue weighted by Gasteiger charge is -2.12. The van der Waals surface area contributed by atoms with Gasteiger partial charge in [0.2, 0.25) is 5.95 Å². The van der Waals surface area contributed by atoms with E-state index in [9.17, 15) is 9.59 Å². The Balaban J connectivity index is 0.000000312. The molecule has 5 aromatic rings. The lowest BCUT2D eigenvalue weighted by molar-refractivity contribution is 0.102. The van der Waals surface area contributed by atoms with Gasteiger partial charge in [-0.3, -0.25) is 14.6 Å². The van der Waals surface area contributed by atoms with Crippen molar-refractivity contribution in [1.29, 1.82) is 0 Å². The van der Waals surface area contributed by atoms with Gasteiger partial charge in [-0.2, -0.15) is 0 Å². The van der Waals surface area contributed by atoms with Crippen molar-refractivity contribution in [2.75, 3.05) is 10.6 Å². The summed E-state index contributed by atoms with van der Waals surface area (Å²) in [6.07, 6.45) is 5.17. The molecule has 0 aliphatic rings. The van der Waals surface area contributed by atoms with Gasteiger partial charge in [-0.15, -0.1) is 0 Å². The SMILES string of the molecule is Cc1ccc(NC(=O)c2ccc(Cl)cc2)cc1Nc1nccc(-c2cccnc2)n1.O=C(Cl)c1ccc(Cl)cc1. The van der Waals surface area contributed by atoms with Crippen LogP contribution in [0.2, 0.25) is 10.0 Å². The van der Waals surface area contributed by atoms with Gasteiger partial charge in [0.05, 0.1) is 5.69 Å². The highest BCUT2D eigenvalue weighted by molar-refractivity contribution is 6.67. The Labute approximate surface area is 246 Å². The van der Waals surface area contributed by atoms with E-state index in [2.05, 4.69) is 25.6 Å². The largest absolute Gasteiger partial charge is 0.324 e. The van der Waals surface area contributed by atoms with Crippen molar-refractivity contribution in [1.82, 2.24) is 15.0 Å². The van der Waals surface area contributed by atoms with Crippen LogP contribution in [0.1, 0.15) is 26.3 Å². The molecule has 0 radical (unpaired) electrons. The van der Waals surface area contributed by atoms with Gasteiger partial charge < -0.3 is 10.6 Å². The molecule has 0 spiro atoms. The second-order valence-corrected chi connectivity index (χ2v) is 9.62. The van der Waals surface area contributed by atoms with E-state index in [0.29, 0.717) is 32.8 Å². The van der Waals surface area contributed by atoms with Crippen molar-refractivity contribution < 1.29 is 9.59 Å². The van der Waals surface area contributed by atoms with Crippen LogP contribution in [0.3, 0.4) is 0 Å². The molecule has 0 aliphatic carbocycles. The third-order valence-corrected chi connectivity index (χ3v) is 6.25. The first-order valence-corrected chi connectivity index (χ1v) is 13.1. The summed E-state index contributed by atoms with van der Waals surface area (Å²) < 4.78 is 0. The van der Waals surface area contributed by atoms with E-state index >= 15 is 0 Å². The minimum absolute atomic E-state index is 0.212. The number of pyridine rings is 1. The quantitative estimate of drug-likeness (QED) is 0.193. The summed E-state index contributed by atoms with van der Waals surface area (Å²) in [6, 6.07) is 24.4. The minimum Gasteiger partial charge on any atom is -0.324 e. The minimum atomic E-state index is -0.461. The Hall–Kier alpha value is -4.30. The number of nitrogens with one attached hydrogen (secondary N) is 2. The molecule has 2 aromatic heterocycles. The molecule has 200 valence electrons. The topological polar surface area (TPSA) is 96.9 Å². The summed E-state index contributed by atoms with van der Waals surface area (Å²) in [5, 5.41) is 6.85. The van der Waals surface area contributed by atoms with E-state index in [4.69, 9.17) is 34.8 Å². The summed E-state index contributed by atoms with van der Waals surface area (Å²) in [5.41, 5.74) is 5.12. The van der Waals surface area contributed by atoms with Crippen molar-refractivity contribution in [2.24, 2.45) is 0 Å². The molecule has 0 unspecified atom stereocenters. The van der Waals surface area contributed by atoms with E-state index in [1.165, 1.54) is 0 Å². The maximum Gasteiger partial charge on any atom is 0.255 e. The number of carbonyl (C=O) groups is 2. The van der Waals surface area contributed by atoms with Gasteiger partial charge in [0, 0.05) is 56.7 Å². The molecule has 5 rings (SSSR count). The van der Waals surface area contributed by atoms with Crippen LogP contribution >= 0.6 is 34.8 Å². The average Bonchev–Trinajstić information content (AvgIpc) is 2.96. The summed E-state index contributed by atoms with van der Waals surface area (Å²) in [7, 11) is 0. The van der Waals surface area contributed by atoms with Gasteiger partial charge in [-0.1, -0.05) is 29.3 Å². The molecule has 0 saturated heterocycles. The Morgan fingerprint density at radius 1 is 0.800 bits per heavy atom. The highest BCUT2D eigenvalue weighted by Crippen LogP contribution is 2.25. The van der Waals surface area contributed by atoms with Gasteiger partial charge in [0.1, 0.15) is 0 Å². The van der Waals surface area contributed by atoms with Gasteiger partial charge >= 0.3 is 0 Å². The van der Waals surface area contributed by atoms with Crippen molar-refractivity contribution in [2.45, 2.75) is 6.92 Å². The van der Waals surface area contributed by atoms with Gasteiger partial charge in [0.25, 0.3) is 11.1 Å². The number of hydrogen-bond acceptors (Lipinski definition) is 6. The zero-order chi connectivity index (χ0) is 28.5. The number of hydrogen-bond donors (Lipinski definition) is 2. The van der Waals surface area contributed by atoms with Crippen LogP contribution in [0.25, 0.3) is 11.3 Å². The molecule has 3 aromatic carbocycles. The van der Waals surface area contributed by atoms with Crippen LogP contribution in [-0.4, -0.2) is 26.1 Å². The fourth-order valence-electron chi connectivity index (χ4n) is 3.43. The second-order valence-electron chi connectivity index (χ2n) is 8.40. The number of carbonyl (C=O) groups excluding carboxylic acids is 2. The number of aromatic nitrogens is 3. The third-order valence-electron chi connectivity index (χ3n) is 5.53. The number of rotatable bonds is 6. The number of anilines is 3. The number of aryl methyl sites for hydroxylation is 1. The average molecular weight is 591 g/mol. The number of benzene rings is 3. The fourth-order valence-corrected chi connectivity index (χ4v) is 3.81. The normalized spacial score (nSPS) is 10.2. The molecular weight excluding hydrogens is 569 g/mol. The maximum atomic E-state index is 12.5. The Kier molecular flexibility index (Phi) is 9.81. The molecule has 2 heterocycles. The summed E-state index contributed by atoms with van der Waals surface area (Å²) >= 11 is 16.6. The van der Waals surface area contributed by atoms with Crippen molar-refractivity contribution in [3.63, 3.8) is 0 Å². The molecule has 1 amide bonds. The highest BCUT2D eigenvalue weighted by Gasteiger charge is 2.09. The van der Waals surface area contributed by atoms with Gasteiger partial charge in [-0.25, -0.2) is 9.97 Å². The molecule has 10 heteroatoms. The number of nitrogens with zero attached hydrogens (tertiary/aromatic N) is 3. The van der Waals surface area contributed by atoms with E-state index in [-0.39, 0.29) is 5.91 Å². The zero-order valence-corrected chi connectivity index (χ0v) is 23.4. The second kappa shape index (κ2) is 13.7. The van der Waals surface area contributed by atoms with E-state index in [1.54, 1.807) is 67.1 Å². The molecule has 0 fully saturated rings. The van der Waals surface area contributed by atoms with Crippen molar-refractivity contribution in [3.05, 3.63) is 130 Å². The Morgan fingerprint density at radius 3 is 2.10 bits per heavy atom. The standard InChI is InChI=1S/C23H18ClN5O.C7H4Cl2O/c1-15-4-9-19(27-22(30)16-5-7-18(24)8-6-16)13-21(15)29-23-26-12-10-20(28-23)17-3-2-11-25-14-17;8-6-3-1-5(2-4-6)7(9)10/h2-14H,1H3,(H,27,30)(H,26,28,29);1-4H. The predicted octanol–water partition coefficient (Wildman–Crippen LogP) is 8.22. The number of halogens is 3. The maximum absolute atomic E-state index is 12.5. The first-order valence-electron chi connectivity index (χ1n) is 11.9. The molecule has 0 atom stereocenters. The summed E-state index contributed by atoms with van der Waals surface area (Å²) in [4.78, 5) is 36.0. The molecule has 0 bridgehead atoms. The van der Waals surface area contributed by atoms with E-state index < -0.39 is 5.24 Å². The van der Waals surface area contributed by atoms with Crippen LogP contribution in [0.5, 0.6) is 0 Å².